The lowest BCUT2D eigenvalue weighted by molar-refractivity contribution is -0.116. The van der Waals surface area contributed by atoms with Crippen LogP contribution in [0, 0.1) is 0 Å². The average Bonchev–Trinajstić information content (AvgIpc) is 3.09. The summed E-state index contributed by atoms with van der Waals surface area (Å²) >= 11 is 0. The van der Waals surface area contributed by atoms with E-state index in [0.29, 0.717) is 34.7 Å². The molecule has 1 heterocycles. The van der Waals surface area contributed by atoms with E-state index >= 15 is 0 Å². The van der Waals surface area contributed by atoms with Gasteiger partial charge in [-0.1, -0.05) is 12.1 Å². The molecule has 0 aliphatic carbocycles. The van der Waals surface area contributed by atoms with E-state index in [-0.39, 0.29) is 24.8 Å². The van der Waals surface area contributed by atoms with Crippen molar-refractivity contribution >= 4 is 35.0 Å². The molecule has 0 radical (unpaired) electrons. The maximum Gasteiger partial charge on any atom is 0.261 e. The summed E-state index contributed by atoms with van der Waals surface area (Å²) in [5, 5.41) is 5.52. The number of amides is 4. The summed E-state index contributed by atoms with van der Waals surface area (Å²) in [5.41, 5.74) is 2.28. The zero-order valence-electron chi connectivity index (χ0n) is 18.5. The first-order chi connectivity index (χ1) is 16.5. The van der Waals surface area contributed by atoms with Crippen molar-refractivity contribution in [3.63, 3.8) is 0 Å². The fraction of sp³-hybridized carbons (Fsp3) is 0.154. The molecule has 4 amide bonds. The molecule has 4 rings (SSSR count). The minimum Gasteiger partial charge on any atom is -0.494 e. The highest BCUT2D eigenvalue weighted by Crippen LogP contribution is 2.22. The Hall–Kier alpha value is -4.46. The van der Waals surface area contributed by atoms with Crippen molar-refractivity contribution in [1.29, 1.82) is 0 Å². The lowest BCUT2D eigenvalue weighted by atomic mass is 10.1. The van der Waals surface area contributed by atoms with Crippen LogP contribution in [-0.2, 0) is 4.79 Å². The molecule has 3 aromatic carbocycles. The van der Waals surface area contributed by atoms with Crippen LogP contribution in [0.15, 0.2) is 72.8 Å². The molecule has 0 saturated heterocycles. The van der Waals surface area contributed by atoms with Crippen LogP contribution in [0.5, 0.6) is 5.75 Å². The Kier molecular flexibility index (Phi) is 6.68. The van der Waals surface area contributed by atoms with E-state index < -0.39 is 11.8 Å². The minimum absolute atomic E-state index is 0.0131. The molecule has 2 N–H and O–H groups in total. The van der Waals surface area contributed by atoms with Gasteiger partial charge in [0.25, 0.3) is 17.7 Å². The number of ether oxygens (including phenoxy) is 1. The van der Waals surface area contributed by atoms with Gasteiger partial charge in [-0.2, -0.15) is 0 Å². The maximum absolute atomic E-state index is 12.5. The molecular weight excluding hydrogens is 434 g/mol. The Morgan fingerprint density at radius 1 is 0.794 bits per heavy atom. The number of imide groups is 1. The van der Waals surface area contributed by atoms with Crippen molar-refractivity contribution in [2.24, 2.45) is 0 Å². The topological polar surface area (TPSA) is 105 Å². The molecule has 1 aliphatic heterocycles. The average molecular weight is 457 g/mol. The zero-order valence-corrected chi connectivity index (χ0v) is 18.5. The van der Waals surface area contributed by atoms with Crippen molar-refractivity contribution < 1.29 is 23.9 Å². The van der Waals surface area contributed by atoms with Crippen LogP contribution < -0.4 is 15.4 Å². The largest absolute Gasteiger partial charge is 0.494 e. The molecule has 0 saturated carbocycles. The van der Waals surface area contributed by atoms with Crippen LogP contribution in [0.25, 0.3) is 0 Å². The quantitative estimate of drug-likeness (QED) is 0.498. The van der Waals surface area contributed by atoms with E-state index in [2.05, 4.69) is 10.6 Å². The first-order valence-electron chi connectivity index (χ1n) is 10.9. The maximum atomic E-state index is 12.5. The van der Waals surface area contributed by atoms with Gasteiger partial charge < -0.3 is 15.4 Å². The van der Waals surface area contributed by atoms with E-state index in [9.17, 15) is 19.2 Å². The monoisotopic (exact) mass is 457 g/mol. The lowest BCUT2D eigenvalue weighted by Crippen LogP contribution is -2.32. The van der Waals surface area contributed by atoms with Gasteiger partial charge in [0.15, 0.2) is 0 Å². The Morgan fingerprint density at radius 3 is 1.94 bits per heavy atom. The van der Waals surface area contributed by atoms with Gasteiger partial charge in [0, 0.05) is 29.9 Å². The van der Waals surface area contributed by atoms with E-state index in [0.717, 1.165) is 10.6 Å². The second-order valence-corrected chi connectivity index (χ2v) is 7.59. The van der Waals surface area contributed by atoms with Crippen LogP contribution in [0.4, 0.5) is 11.4 Å². The van der Waals surface area contributed by atoms with Crippen LogP contribution in [0.3, 0.4) is 0 Å². The van der Waals surface area contributed by atoms with Crippen molar-refractivity contribution in [2.75, 3.05) is 23.8 Å². The summed E-state index contributed by atoms with van der Waals surface area (Å²) < 4.78 is 5.38. The molecule has 3 aromatic rings. The third-order valence-electron chi connectivity index (χ3n) is 5.29. The number of benzene rings is 3. The van der Waals surface area contributed by atoms with E-state index in [4.69, 9.17) is 4.74 Å². The Bertz CT molecular complexity index is 1200. The third kappa shape index (κ3) is 4.96. The highest BCUT2D eigenvalue weighted by molar-refractivity contribution is 6.21. The summed E-state index contributed by atoms with van der Waals surface area (Å²) in [6.07, 6.45) is -0.0363. The third-order valence-corrected chi connectivity index (χ3v) is 5.29. The summed E-state index contributed by atoms with van der Waals surface area (Å²) in [6, 6.07) is 20.1. The van der Waals surface area contributed by atoms with E-state index in [1.807, 2.05) is 6.92 Å². The number of rotatable bonds is 8. The van der Waals surface area contributed by atoms with Crippen LogP contribution in [-0.4, -0.2) is 41.7 Å². The van der Waals surface area contributed by atoms with Gasteiger partial charge >= 0.3 is 0 Å². The molecule has 0 bridgehead atoms. The van der Waals surface area contributed by atoms with Gasteiger partial charge in [-0.3, -0.25) is 24.1 Å². The highest BCUT2D eigenvalue weighted by atomic mass is 16.5. The molecule has 8 nitrogen and oxygen atoms in total. The summed E-state index contributed by atoms with van der Waals surface area (Å²) in [4.78, 5) is 50.7. The van der Waals surface area contributed by atoms with Gasteiger partial charge in [-0.05, 0) is 67.6 Å². The van der Waals surface area contributed by atoms with Crippen molar-refractivity contribution in [3.05, 3.63) is 89.5 Å². The van der Waals surface area contributed by atoms with Gasteiger partial charge in [0.1, 0.15) is 5.75 Å². The molecule has 172 valence electrons. The smallest absolute Gasteiger partial charge is 0.261 e. The standard InChI is InChI=1S/C26H23N3O5/c1-2-34-20-13-11-19(12-14-20)28-24(31)17-7-9-18(10-8-17)27-23(30)15-16-29-25(32)21-5-3-4-6-22(21)26(29)33/h3-14H,2,15-16H2,1H3,(H,27,30)(H,28,31). The fourth-order valence-electron chi connectivity index (χ4n) is 3.59. The minimum atomic E-state index is -0.392. The molecule has 0 unspecified atom stereocenters. The Balaban J connectivity index is 1.28. The van der Waals surface area contributed by atoms with E-state index in [1.165, 1.54) is 0 Å². The number of anilines is 2. The summed E-state index contributed by atoms with van der Waals surface area (Å²) in [5.74, 6) is -0.688. The molecule has 0 atom stereocenters. The van der Waals surface area contributed by atoms with Crippen molar-refractivity contribution in [1.82, 2.24) is 4.90 Å². The fourth-order valence-corrected chi connectivity index (χ4v) is 3.59. The first-order valence-corrected chi connectivity index (χ1v) is 10.9. The number of nitrogens with one attached hydrogen (secondary N) is 2. The zero-order chi connectivity index (χ0) is 24.1. The molecule has 0 aromatic heterocycles. The second kappa shape index (κ2) is 9.99. The molecule has 8 heteroatoms. The van der Waals surface area contributed by atoms with Crippen molar-refractivity contribution in [2.45, 2.75) is 13.3 Å². The first kappa shape index (κ1) is 22.7. The van der Waals surface area contributed by atoms with Crippen LogP contribution >= 0.6 is 0 Å². The molecule has 0 fully saturated rings. The number of fused-ring (bicyclic) bond motifs is 1. The normalized spacial score (nSPS) is 12.3. The van der Waals surface area contributed by atoms with Gasteiger partial charge in [-0.25, -0.2) is 0 Å². The number of hydrogen-bond acceptors (Lipinski definition) is 5. The highest BCUT2D eigenvalue weighted by Gasteiger charge is 2.34. The predicted octanol–water partition coefficient (Wildman–Crippen LogP) is 3.96. The Labute approximate surface area is 196 Å². The van der Waals surface area contributed by atoms with Crippen LogP contribution in [0.2, 0.25) is 0 Å². The molecule has 0 spiro atoms. The van der Waals surface area contributed by atoms with Gasteiger partial charge in [0.05, 0.1) is 17.7 Å². The number of carbonyl (C=O) groups is 4. The predicted molar refractivity (Wildman–Crippen MR) is 127 cm³/mol. The van der Waals surface area contributed by atoms with Gasteiger partial charge in [0.2, 0.25) is 5.91 Å². The van der Waals surface area contributed by atoms with Gasteiger partial charge in [-0.15, -0.1) is 0 Å². The number of nitrogens with zero attached hydrogens (tertiary/aromatic N) is 1. The molecular formula is C26H23N3O5. The second-order valence-electron chi connectivity index (χ2n) is 7.59. The summed E-state index contributed by atoms with van der Waals surface area (Å²) in [7, 11) is 0. The number of carbonyl (C=O) groups excluding carboxylic acids is 4. The van der Waals surface area contributed by atoms with Crippen LogP contribution in [0.1, 0.15) is 44.4 Å². The van der Waals surface area contributed by atoms with Crippen molar-refractivity contribution in [3.8, 4) is 5.75 Å². The van der Waals surface area contributed by atoms with E-state index in [1.54, 1.807) is 72.8 Å². The molecule has 1 aliphatic rings. The Morgan fingerprint density at radius 2 is 1.35 bits per heavy atom. The SMILES string of the molecule is CCOc1ccc(NC(=O)c2ccc(NC(=O)CCN3C(=O)c4ccccc4C3=O)cc2)cc1. The number of hydrogen-bond donors (Lipinski definition) is 2. The lowest BCUT2D eigenvalue weighted by Gasteiger charge is -2.13. The molecule has 34 heavy (non-hydrogen) atoms. The summed E-state index contributed by atoms with van der Waals surface area (Å²) in [6.45, 7) is 2.45.